The van der Waals surface area contributed by atoms with Gasteiger partial charge in [0.05, 0.1) is 12.0 Å². The van der Waals surface area contributed by atoms with E-state index >= 15 is 0 Å². The summed E-state index contributed by atoms with van der Waals surface area (Å²) in [6.45, 7) is 4.79. The van der Waals surface area contributed by atoms with E-state index in [0.29, 0.717) is 6.42 Å². The normalized spacial score (nSPS) is 14.4. The number of hydrogen-bond acceptors (Lipinski definition) is 2. The Hall–Kier alpha value is -1.71. The summed E-state index contributed by atoms with van der Waals surface area (Å²) in [4.78, 5) is 4.16. The second-order valence-electron chi connectivity index (χ2n) is 4.30. The lowest BCUT2D eigenvalue weighted by Gasteiger charge is -2.15. The van der Waals surface area contributed by atoms with E-state index in [1.807, 2.05) is 18.2 Å². The molecule has 0 radical (unpaired) electrons. The molecule has 0 aliphatic carbocycles. The second kappa shape index (κ2) is 4.28. The fourth-order valence-corrected chi connectivity index (χ4v) is 1.72. The molecule has 0 fully saturated rings. The Kier molecular flexibility index (Phi) is 2.96. The summed E-state index contributed by atoms with van der Waals surface area (Å²) in [5.41, 5.74) is 3.35. The van der Waals surface area contributed by atoms with Crippen LogP contribution in [0, 0.1) is 0 Å². The van der Waals surface area contributed by atoms with Gasteiger partial charge >= 0.3 is 0 Å². The van der Waals surface area contributed by atoms with Crippen LogP contribution in [0.4, 0.5) is 14.5 Å². The molecule has 0 bridgehead atoms. The maximum absolute atomic E-state index is 12.8. The van der Waals surface area contributed by atoms with E-state index < -0.39 is 5.92 Å². The minimum atomic E-state index is -2.62. The predicted octanol–water partition coefficient (Wildman–Crippen LogP) is 3.51. The molecular formula is C13H14F2N2. The molecule has 1 aliphatic rings. The van der Waals surface area contributed by atoms with Gasteiger partial charge in [-0.2, -0.15) is 0 Å². The fraction of sp³-hybridized carbons (Fsp3) is 0.308. The molecule has 0 spiro atoms. The third kappa shape index (κ3) is 2.90. The van der Waals surface area contributed by atoms with Crippen LogP contribution in [0.2, 0.25) is 0 Å². The number of aliphatic imine (C=N–C) groups is 1. The molecule has 1 N–H and O–H groups in total. The highest BCUT2D eigenvalue weighted by Crippen LogP contribution is 2.29. The van der Waals surface area contributed by atoms with Crippen molar-refractivity contribution in [3.05, 3.63) is 35.9 Å². The molecule has 0 unspecified atom stereocenters. The van der Waals surface area contributed by atoms with Crippen LogP contribution in [-0.2, 0) is 6.42 Å². The molecule has 1 aliphatic heterocycles. The van der Waals surface area contributed by atoms with Gasteiger partial charge in [-0.1, -0.05) is 18.7 Å². The van der Waals surface area contributed by atoms with Crippen molar-refractivity contribution in [2.45, 2.75) is 25.7 Å². The molecule has 1 heterocycles. The molecular weight excluding hydrogens is 222 g/mol. The van der Waals surface area contributed by atoms with E-state index in [-0.39, 0.29) is 6.42 Å². The van der Waals surface area contributed by atoms with E-state index in [4.69, 9.17) is 0 Å². The quantitative estimate of drug-likeness (QED) is 0.853. The Morgan fingerprint density at radius 2 is 2.18 bits per heavy atom. The Bertz CT molecular complexity index is 473. The third-order valence-corrected chi connectivity index (χ3v) is 2.68. The minimum absolute atomic E-state index is 0.144. The summed E-state index contributed by atoms with van der Waals surface area (Å²) in [6, 6.07) is 5.55. The van der Waals surface area contributed by atoms with E-state index in [1.165, 1.54) is 0 Å². The molecule has 2 nitrogen and oxygen atoms in total. The maximum Gasteiger partial charge on any atom is 0.245 e. The number of nitrogens with zero attached hydrogens (tertiary/aromatic N) is 1. The Morgan fingerprint density at radius 1 is 1.41 bits per heavy atom. The lowest BCUT2D eigenvalue weighted by Crippen LogP contribution is -2.13. The molecule has 0 aromatic heterocycles. The highest BCUT2D eigenvalue weighted by molar-refractivity contribution is 5.86. The van der Waals surface area contributed by atoms with E-state index in [2.05, 4.69) is 16.9 Å². The average molecular weight is 236 g/mol. The number of fused-ring (bicyclic) bond motifs is 1. The zero-order valence-corrected chi connectivity index (χ0v) is 9.63. The van der Waals surface area contributed by atoms with Gasteiger partial charge in [-0.15, -0.1) is 0 Å². The van der Waals surface area contributed by atoms with Crippen LogP contribution in [0.3, 0.4) is 0 Å². The molecule has 0 saturated carbocycles. The van der Waals surface area contributed by atoms with Crippen LogP contribution in [0.15, 0.2) is 29.8 Å². The molecule has 4 heteroatoms. The molecule has 0 saturated heterocycles. The van der Waals surface area contributed by atoms with Gasteiger partial charge in [0, 0.05) is 17.7 Å². The van der Waals surface area contributed by atoms with Gasteiger partial charge in [-0.25, -0.2) is 13.8 Å². The number of rotatable bonds is 3. The molecule has 90 valence electrons. The minimum Gasteiger partial charge on any atom is -0.346 e. The summed E-state index contributed by atoms with van der Waals surface area (Å²) in [6.07, 6.45) is 1.77. The van der Waals surface area contributed by atoms with Crippen molar-refractivity contribution in [2.24, 2.45) is 4.99 Å². The average Bonchev–Trinajstić information content (AvgIpc) is 2.26. The number of benzene rings is 1. The van der Waals surface area contributed by atoms with Crippen molar-refractivity contribution in [3.63, 3.8) is 0 Å². The molecule has 2 rings (SSSR count). The zero-order valence-electron chi connectivity index (χ0n) is 9.63. The molecule has 0 amide bonds. The monoisotopic (exact) mass is 236 g/mol. The summed E-state index contributed by atoms with van der Waals surface area (Å²) in [7, 11) is 0. The van der Waals surface area contributed by atoms with Gasteiger partial charge < -0.3 is 5.32 Å². The van der Waals surface area contributed by atoms with Crippen molar-refractivity contribution in [1.82, 2.24) is 5.32 Å². The van der Waals surface area contributed by atoms with Crippen molar-refractivity contribution in [2.75, 3.05) is 0 Å². The van der Waals surface area contributed by atoms with Gasteiger partial charge in [0.25, 0.3) is 0 Å². The predicted molar refractivity (Wildman–Crippen MR) is 65.7 cm³/mol. The Balaban J connectivity index is 2.17. The summed E-state index contributed by atoms with van der Waals surface area (Å²) in [5.74, 6) is -2.62. The van der Waals surface area contributed by atoms with Crippen LogP contribution < -0.4 is 5.32 Å². The topological polar surface area (TPSA) is 24.4 Å². The summed E-state index contributed by atoms with van der Waals surface area (Å²) in [5, 5.41) is 2.91. The Labute approximate surface area is 99.1 Å². The van der Waals surface area contributed by atoms with Crippen molar-refractivity contribution < 1.29 is 8.78 Å². The van der Waals surface area contributed by atoms with Gasteiger partial charge in [-0.3, -0.25) is 0 Å². The first-order chi connectivity index (χ1) is 7.96. The fourth-order valence-electron chi connectivity index (χ4n) is 1.72. The summed E-state index contributed by atoms with van der Waals surface area (Å²) < 4.78 is 25.5. The van der Waals surface area contributed by atoms with Crippen LogP contribution >= 0.6 is 0 Å². The first-order valence-corrected chi connectivity index (χ1v) is 5.45. The summed E-state index contributed by atoms with van der Waals surface area (Å²) >= 11 is 0. The third-order valence-electron chi connectivity index (χ3n) is 2.68. The van der Waals surface area contributed by atoms with E-state index in [0.717, 1.165) is 29.4 Å². The molecule has 1 aromatic carbocycles. The van der Waals surface area contributed by atoms with Crippen molar-refractivity contribution in [1.29, 1.82) is 0 Å². The number of hydrogen-bond donors (Lipinski definition) is 1. The number of halogens is 2. The first kappa shape index (κ1) is 11.8. The zero-order chi connectivity index (χ0) is 12.5. The number of alkyl halides is 2. The first-order valence-electron chi connectivity index (χ1n) is 5.45. The number of nitrogens with one attached hydrogen (secondary N) is 1. The highest BCUT2D eigenvalue weighted by Gasteiger charge is 2.20. The van der Waals surface area contributed by atoms with Crippen LogP contribution in [-0.4, -0.2) is 12.3 Å². The lowest BCUT2D eigenvalue weighted by atomic mass is 10.0. The number of aryl methyl sites for hydroxylation is 1. The van der Waals surface area contributed by atoms with Crippen molar-refractivity contribution >= 4 is 17.7 Å². The van der Waals surface area contributed by atoms with E-state index in [1.54, 1.807) is 6.34 Å². The van der Waals surface area contributed by atoms with Crippen LogP contribution in [0.1, 0.15) is 24.5 Å². The van der Waals surface area contributed by atoms with Gasteiger partial charge in [0.1, 0.15) is 0 Å². The maximum atomic E-state index is 12.8. The lowest BCUT2D eigenvalue weighted by molar-refractivity contribution is 0.0133. The van der Waals surface area contributed by atoms with Crippen LogP contribution in [0.25, 0.3) is 5.70 Å². The largest absolute Gasteiger partial charge is 0.346 e. The van der Waals surface area contributed by atoms with Gasteiger partial charge in [-0.05, 0) is 25.0 Å². The van der Waals surface area contributed by atoms with Gasteiger partial charge in [0.15, 0.2) is 0 Å². The second-order valence-corrected chi connectivity index (χ2v) is 4.30. The smallest absolute Gasteiger partial charge is 0.245 e. The highest BCUT2D eigenvalue weighted by atomic mass is 19.3. The Morgan fingerprint density at radius 3 is 2.88 bits per heavy atom. The van der Waals surface area contributed by atoms with E-state index in [9.17, 15) is 8.78 Å². The SMILES string of the molecule is C=C1NC=Nc2cc(CCC(C)(F)F)ccc21. The standard InChI is InChI=1S/C13H14F2N2/c1-9-11-4-3-10(5-6-13(2,14)15)7-12(11)17-8-16-9/h3-4,7-8H,1,5-6H2,2H3,(H,16,17). The van der Waals surface area contributed by atoms with Crippen LogP contribution in [0.5, 0.6) is 0 Å². The van der Waals surface area contributed by atoms with Gasteiger partial charge in [0.2, 0.25) is 5.92 Å². The van der Waals surface area contributed by atoms with Crippen molar-refractivity contribution in [3.8, 4) is 0 Å². The molecule has 1 aromatic rings. The molecule has 17 heavy (non-hydrogen) atoms. The molecule has 0 atom stereocenters.